The third kappa shape index (κ3) is 3.02. The Bertz CT molecular complexity index is 392. The minimum atomic E-state index is -0.116. The predicted molar refractivity (Wildman–Crippen MR) is 74.5 cm³/mol. The number of nitrogens with zero attached hydrogens (tertiary/aromatic N) is 1. The minimum Gasteiger partial charge on any atom is -0.364 e. The van der Waals surface area contributed by atoms with Gasteiger partial charge in [-0.1, -0.05) is 26.0 Å². The molecule has 18 heavy (non-hydrogen) atoms. The molecule has 2 nitrogen and oxygen atoms in total. The zero-order valence-electron chi connectivity index (χ0n) is 11.5. The summed E-state index contributed by atoms with van der Waals surface area (Å²) in [4.78, 5) is 2.19. The highest BCUT2D eigenvalue weighted by Gasteiger charge is 2.26. The first-order valence-corrected chi connectivity index (χ1v) is 6.82. The van der Waals surface area contributed by atoms with Gasteiger partial charge in [-0.3, -0.25) is 0 Å². The highest BCUT2D eigenvalue weighted by atomic mass is 19.1. The topological polar surface area (TPSA) is 15.3 Å². The number of anilines is 1. The fourth-order valence-corrected chi connectivity index (χ4v) is 2.68. The van der Waals surface area contributed by atoms with Crippen LogP contribution < -0.4 is 10.2 Å². The SMILES string of the molecule is CC(C)CC1CN(c2ccccc2F)C(C)CN1. The first-order valence-electron chi connectivity index (χ1n) is 6.82. The summed E-state index contributed by atoms with van der Waals surface area (Å²) in [6.45, 7) is 8.41. The fraction of sp³-hybridized carbons (Fsp3) is 0.600. The number of hydrogen-bond acceptors (Lipinski definition) is 2. The predicted octanol–water partition coefficient (Wildman–Crippen LogP) is 3.04. The molecular weight excluding hydrogens is 227 g/mol. The molecule has 1 aliphatic rings. The highest BCUT2D eigenvalue weighted by molar-refractivity contribution is 5.49. The number of benzene rings is 1. The van der Waals surface area contributed by atoms with E-state index in [-0.39, 0.29) is 5.82 Å². The van der Waals surface area contributed by atoms with E-state index in [1.165, 1.54) is 0 Å². The van der Waals surface area contributed by atoms with Crippen LogP contribution in [-0.4, -0.2) is 25.2 Å². The van der Waals surface area contributed by atoms with Gasteiger partial charge in [-0.05, 0) is 31.4 Å². The molecule has 1 aromatic rings. The lowest BCUT2D eigenvalue weighted by Gasteiger charge is -2.41. The van der Waals surface area contributed by atoms with Crippen molar-refractivity contribution in [2.45, 2.75) is 39.3 Å². The van der Waals surface area contributed by atoms with E-state index in [9.17, 15) is 4.39 Å². The average molecular weight is 250 g/mol. The molecule has 1 aromatic carbocycles. The molecule has 0 saturated carbocycles. The normalized spacial score (nSPS) is 24.6. The van der Waals surface area contributed by atoms with Crippen molar-refractivity contribution >= 4 is 5.69 Å². The summed E-state index contributed by atoms with van der Waals surface area (Å²) >= 11 is 0. The molecule has 2 rings (SSSR count). The van der Waals surface area contributed by atoms with E-state index in [4.69, 9.17) is 0 Å². The Morgan fingerprint density at radius 1 is 1.39 bits per heavy atom. The molecule has 1 aliphatic heterocycles. The van der Waals surface area contributed by atoms with E-state index in [0.29, 0.717) is 18.0 Å². The van der Waals surface area contributed by atoms with E-state index in [2.05, 4.69) is 31.0 Å². The molecule has 2 atom stereocenters. The lowest BCUT2D eigenvalue weighted by molar-refractivity contribution is 0.354. The van der Waals surface area contributed by atoms with Crippen molar-refractivity contribution in [3.05, 3.63) is 30.1 Å². The molecule has 0 spiro atoms. The average Bonchev–Trinajstić information content (AvgIpc) is 2.32. The maximum Gasteiger partial charge on any atom is 0.146 e. The second kappa shape index (κ2) is 5.70. The molecule has 0 aromatic heterocycles. The van der Waals surface area contributed by atoms with Crippen molar-refractivity contribution in [1.29, 1.82) is 0 Å². The number of rotatable bonds is 3. The van der Waals surface area contributed by atoms with Gasteiger partial charge in [0.25, 0.3) is 0 Å². The summed E-state index contributed by atoms with van der Waals surface area (Å²) in [6, 6.07) is 7.87. The smallest absolute Gasteiger partial charge is 0.146 e. The maximum atomic E-state index is 13.9. The summed E-state index contributed by atoms with van der Waals surface area (Å²) < 4.78 is 13.9. The number of nitrogens with one attached hydrogen (secondary N) is 1. The Balaban J connectivity index is 2.13. The first kappa shape index (κ1) is 13.3. The Morgan fingerprint density at radius 2 is 2.11 bits per heavy atom. The zero-order chi connectivity index (χ0) is 13.1. The summed E-state index contributed by atoms with van der Waals surface area (Å²) in [5.74, 6) is 0.549. The van der Waals surface area contributed by atoms with Crippen molar-refractivity contribution < 1.29 is 4.39 Å². The number of piperazine rings is 1. The quantitative estimate of drug-likeness (QED) is 0.887. The molecule has 0 amide bonds. The molecule has 0 aliphatic carbocycles. The van der Waals surface area contributed by atoms with Gasteiger partial charge in [0.15, 0.2) is 0 Å². The van der Waals surface area contributed by atoms with Crippen LogP contribution in [0.2, 0.25) is 0 Å². The Kier molecular flexibility index (Phi) is 4.23. The molecule has 2 unspecified atom stereocenters. The first-order chi connectivity index (χ1) is 8.58. The lowest BCUT2D eigenvalue weighted by atomic mass is 9.99. The molecule has 1 N–H and O–H groups in total. The maximum absolute atomic E-state index is 13.9. The molecular formula is C15H23FN2. The third-order valence-corrected chi connectivity index (χ3v) is 3.57. The van der Waals surface area contributed by atoms with Crippen molar-refractivity contribution in [2.75, 3.05) is 18.0 Å². The van der Waals surface area contributed by atoms with Gasteiger partial charge in [0, 0.05) is 25.2 Å². The molecule has 1 saturated heterocycles. The van der Waals surface area contributed by atoms with Crippen LogP contribution >= 0.6 is 0 Å². The van der Waals surface area contributed by atoms with Crippen LogP contribution in [-0.2, 0) is 0 Å². The van der Waals surface area contributed by atoms with Gasteiger partial charge in [0.1, 0.15) is 5.82 Å². The molecule has 3 heteroatoms. The molecule has 0 bridgehead atoms. The Labute approximate surface area is 109 Å². The Morgan fingerprint density at radius 3 is 2.78 bits per heavy atom. The van der Waals surface area contributed by atoms with Crippen LogP contribution in [0.3, 0.4) is 0 Å². The minimum absolute atomic E-state index is 0.116. The summed E-state index contributed by atoms with van der Waals surface area (Å²) in [5, 5.41) is 3.56. The molecule has 1 fully saturated rings. The third-order valence-electron chi connectivity index (χ3n) is 3.57. The van der Waals surface area contributed by atoms with Crippen molar-refractivity contribution in [3.8, 4) is 0 Å². The van der Waals surface area contributed by atoms with Crippen LogP contribution in [0.15, 0.2) is 24.3 Å². The van der Waals surface area contributed by atoms with E-state index in [1.54, 1.807) is 12.1 Å². The number of hydrogen-bond donors (Lipinski definition) is 1. The van der Waals surface area contributed by atoms with Crippen LogP contribution in [0, 0.1) is 11.7 Å². The lowest BCUT2D eigenvalue weighted by Crippen LogP contribution is -2.56. The monoisotopic (exact) mass is 250 g/mol. The number of halogens is 1. The van der Waals surface area contributed by atoms with Crippen molar-refractivity contribution in [2.24, 2.45) is 5.92 Å². The molecule has 0 radical (unpaired) electrons. The Hall–Kier alpha value is -1.09. The summed E-state index contributed by atoms with van der Waals surface area (Å²) in [7, 11) is 0. The summed E-state index contributed by atoms with van der Waals surface area (Å²) in [6.07, 6.45) is 1.14. The van der Waals surface area contributed by atoms with Gasteiger partial charge in [-0.25, -0.2) is 4.39 Å². The van der Waals surface area contributed by atoms with Gasteiger partial charge in [-0.2, -0.15) is 0 Å². The fourth-order valence-electron chi connectivity index (χ4n) is 2.68. The van der Waals surface area contributed by atoms with Gasteiger partial charge < -0.3 is 10.2 Å². The van der Waals surface area contributed by atoms with Crippen molar-refractivity contribution in [1.82, 2.24) is 5.32 Å². The van der Waals surface area contributed by atoms with E-state index in [1.807, 2.05) is 12.1 Å². The van der Waals surface area contributed by atoms with E-state index >= 15 is 0 Å². The zero-order valence-corrected chi connectivity index (χ0v) is 11.5. The highest BCUT2D eigenvalue weighted by Crippen LogP contribution is 2.24. The van der Waals surface area contributed by atoms with Gasteiger partial charge in [-0.15, -0.1) is 0 Å². The van der Waals surface area contributed by atoms with Gasteiger partial charge >= 0.3 is 0 Å². The van der Waals surface area contributed by atoms with Crippen molar-refractivity contribution in [3.63, 3.8) is 0 Å². The van der Waals surface area contributed by atoms with Crippen LogP contribution in [0.5, 0.6) is 0 Å². The van der Waals surface area contributed by atoms with Gasteiger partial charge in [0.05, 0.1) is 5.69 Å². The van der Waals surface area contributed by atoms with Crippen LogP contribution in [0.1, 0.15) is 27.2 Å². The van der Waals surface area contributed by atoms with Gasteiger partial charge in [0.2, 0.25) is 0 Å². The molecule has 1 heterocycles. The standard InChI is InChI=1S/C15H23FN2/c1-11(2)8-13-10-18(12(3)9-17-13)15-7-5-4-6-14(15)16/h4-7,11-13,17H,8-10H2,1-3H3. The summed E-state index contributed by atoms with van der Waals surface area (Å²) in [5.41, 5.74) is 0.736. The molecule has 100 valence electrons. The van der Waals surface area contributed by atoms with E-state index < -0.39 is 0 Å². The second-order valence-electron chi connectivity index (χ2n) is 5.69. The van der Waals surface area contributed by atoms with Crippen LogP contribution in [0.4, 0.5) is 10.1 Å². The largest absolute Gasteiger partial charge is 0.364 e. The van der Waals surface area contributed by atoms with Crippen LogP contribution in [0.25, 0.3) is 0 Å². The second-order valence-corrected chi connectivity index (χ2v) is 5.69. The number of para-hydroxylation sites is 1. The van der Waals surface area contributed by atoms with E-state index in [0.717, 1.165) is 25.2 Å².